The standard InChI is InChI=1S/C13H15NO3/c1-15-9-6-10(16-2)12(11(7-9)17-3)13(8-14)4-5-13/h6-7H,4-5H2,1-3H3. The van der Waals surface area contributed by atoms with Crippen LogP contribution in [-0.4, -0.2) is 21.3 Å². The fourth-order valence-electron chi connectivity index (χ4n) is 2.02. The quantitative estimate of drug-likeness (QED) is 0.800. The van der Waals surface area contributed by atoms with Crippen LogP contribution in [0.3, 0.4) is 0 Å². The van der Waals surface area contributed by atoms with Gasteiger partial charge in [0.25, 0.3) is 0 Å². The summed E-state index contributed by atoms with van der Waals surface area (Å²) < 4.78 is 15.9. The van der Waals surface area contributed by atoms with E-state index in [-0.39, 0.29) is 0 Å². The Morgan fingerprint density at radius 3 is 1.88 bits per heavy atom. The Morgan fingerprint density at radius 2 is 1.59 bits per heavy atom. The molecule has 4 nitrogen and oxygen atoms in total. The molecule has 1 aliphatic rings. The summed E-state index contributed by atoms with van der Waals surface area (Å²) in [5.74, 6) is 1.97. The van der Waals surface area contributed by atoms with Crippen molar-refractivity contribution in [2.24, 2.45) is 0 Å². The van der Waals surface area contributed by atoms with Crippen LogP contribution in [0.4, 0.5) is 0 Å². The summed E-state index contributed by atoms with van der Waals surface area (Å²) in [6.45, 7) is 0. The van der Waals surface area contributed by atoms with Gasteiger partial charge in [-0.15, -0.1) is 0 Å². The second-order valence-electron chi connectivity index (χ2n) is 4.10. The summed E-state index contributed by atoms with van der Waals surface area (Å²) in [5.41, 5.74) is 0.397. The molecule has 0 atom stereocenters. The Balaban J connectivity index is 2.60. The number of rotatable bonds is 4. The molecule has 1 saturated carbocycles. The van der Waals surface area contributed by atoms with Gasteiger partial charge in [-0.25, -0.2) is 0 Å². The first-order valence-corrected chi connectivity index (χ1v) is 5.42. The van der Waals surface area contributed by atoms with Crippen LogP contribution in [0.25, 0.3) is 0 Å². The molecular weight excluding hydrogens is 218 g/mol. The highest BCUT2D eigenvalue weighted by Gasteiger charge is 2.49. The molecule has 90 valence electrons. The topological polar surface area (TPSA) is 51.5 Å². The summed E-state index contributed by atoms with van der Waals surface area (Å²) in [6.07, 6.45) is 1.70. The van der Waals surface area contributed by atoms with E-state index in [0.29, 0.717) is 17.2 Å². The smallest absolute Gasteiger partial charge is 0.131 e. The van der Waals surface area contributed by atoms with Crippen LogP contribution < -0.4 is 14.2 Å². The summed E-state index contributed by atoms with van der Waals surface area (Å²) in [4.78, 5) is 0. The fourth-order valence-corrected chi connectivity index (χ4v) is 2.02. The van der Waals surface area contributed by atoms with Crippen LogP contribution in [0.1, 0.15) is 18.4 Å². The minimum atomic E-state index is -0.442. The summed E-state index contributed by atoms with van der Waals surface area (Å²) >= 11 is 0. The number of benzene rings is 1. The molecular formula is C13H15NO3. The van der Waals surface area contributed by atoms with Crippen molar-refractivity contribution in [3.63, 3.8) is 0 Å². The fraction of sp³-hybridized carbons (Fsp3) is 0.462. The molecule has 1 aliphatic carbocycles. The molecule has 1 fully saturated rings. The van der Waals surface area contributed by atoms with Crippen molar-refractivity contribution in [3.8, 4) is 23.3 Å². The highest BCUT2D eigenvalue weighted by Crippen LogP contribution is 2.55. The van der Waals surface area contributed by atoms with Crippen molar-refractivity contribution >= 4 is 0 Å². The van der Waals surface area contributed by atoms with Crippen molar-refractivity contribution in [2.45, 2.75) is 18.3 Å². The molecule has 1 aromatic rings. The molecule has 17 heavy (non-hydrogen) atoms. The minimum absolute atomic E-state index is 0.442. The van der Waals surface area contributed by atoms with Crippen LogP contribution in [0, 0.1) is 11.3 Å². The lowest BCUT2D eigenvalue weighted by molar-refractivity contribution is 0.366. The first-order valence-electron chi connectivity index (χ1n) is 5.42. The van der Waals surface area contributed by atoms with E-state index >= 15 is 0 Å². The average Bonchev–Trinajstić information content (AvgIpc) is 3.17. The SMILES string of the molecule is COc1cc(OC)c(C2(C#N)CC2)c(OC)c1. The third-order valence-electron chi connectivity index (χ3n) is 3.16. The molecule has 2 rings (SSSR count). The summed E-state index contributed by atoms with van der Waals surface area (Å²) in [6, 6.07) is 5.93. The molecule has 0 bridgehead atoms. The monoisotopic (exact) mass is 233 g/mol. The largest absolute Gasteiger partial charge is 0.496 e. The average molecular weight is 233 g/mol. The van der Waals surface area contributed by atoms with Gasteiger partial charge < -0.3 is 14.2 Å². The molecule has 0 heterocycles. The van der Waals surface area contributed by atoms with Gasteiger partial charge in [0.2, 0.25) is 0 Å². The van der Waals surface area contributed by atoms with Gasteiger partial charge in [-0.3, -0.25) is 0 Å². The van der Waals surface area contributed by atoms with Crippen molar-refractivity contribution in [3.05, 3.63) is 17.7 Å². The van der Waals surface area contributed by atoms with Crippen LogP contribution >= 0.6 is 0 Å². The Labute approximate surface area is 101 Å². The molecule has 0 radical (unpaired) electrons. The first-order chi connectivity index (χ1) is 8.20. The maximum absolute atomic E-state index is 9.28. The Kier molecular flexibility index (Phi) is 2.84. The van der Waals surface area contributed by atoms with Crippen LogP contribution in [-0.2, 0) is 5.41 Å². The van der Waals surface area contributed by atoms with E-state index in [2.05, 4.69) is 6.07 Å². The van der Waals surface area contributed by atoms with E-state index < -0.39 is 5.41 Å². The van der Waals surface area contributed by atoms with Crippen LogP contribution in [0.2, 0.25) is 0 Å². The normalized spacial score (nSPS) is 15.9. The van der Waals surface area contributed by atoms with Crippen LogP contribution in [0.15, 0.2) is 12.1 Å². The van der Waals surface area contributed by atoms with Crippen molar-refractivity contribution in [1.82, 2.24) is 0 Å². The number of nitrogens with zero attached hydrogens (tertiary/aromatic N) is 1. The number of ether oxygens (including phenoxy) is 3. The lowest BCUT2D eigenvalue weighted by Gasteiger charge is -2.17. The van der Waals surface area contributed by atoms with E-state index in [1.807, 2.05) is 0 Å². The maximum atomic E-state index is 9.28. The predicted molar refractivity (Wildman–Crippen MR) is 62.6 cm³/mol. The molecule has 0 amide bonds. The van der Waals surface area contributed by atoms with Crippen molar-refractivity contribution in [2.75, 3.05) is 21.3 Å². The molecule has 0 N–H and O–H groups in total. The Bertz CT molecular complexity index is 447. The summed E-state index contributed by atoms with van der Waals surface area (Å²) in [7, 11) is 4.77. The third kappa shape index (κ3) is 1.78. The zero-order chi connectivity index (χ0) is 12.5. The van der Waals surface area contributed by atoms with Gasteiger partial charge in [-0.1, -0.05) is 0 Å². The molecule has 0 saturated heterocycles. The molecule has 0 spiro atoms. The zero-order valence-corrected chi connectivity index (χ0v) is 10.2. The zero-order valence-electron chi connectivity index (χ0n) is 10.2. The first kappa shape index (κ1) is 11.6. The van der Waals surface area contributed by atoms with Gasteiger partial charge in [0.05, 0.1) is 38.4 Å². The third-order valence-corrected chi connectivity index (χ3v) is 3.16. The Hall–Kier alpha value is -1.89. The molecule has 0 unspecified atom stereocenters. The van der Waals surface area contributed by atoms with E-state index in [0.717, 1.165) is 18.4 Å². The van der Waals surface area contributed by atoms with Gasteiger partial charge in [0.1, 0.15) is 17.2 Å². The van der Waals surface area contributed by atoms with E-state index in [4.69, 9.17) is 14.2 Å². The number of methoxy groups -OCH3 is 3. The van der Waals surface area contributed by atoms with Gasteiger partial charge in [0.15, 0.2) is 0 Å². The molecule has 4 heteroatoms. The lowest BCUT2D eigenvalue weighted by atomic mass is 9.95. The number of nitriles is 1. The van der Waals surface area contributed by atoms with Gasteiger partial charge in [-0.2, -0.15) is 5.26 Å². The molecule has 0 aromatic heterocycles. The lowest BCUT2D eigenvalue weighted by Crippen LogP contribution is -2.08. The Morgan fingerprint density at radius 1 is 1.06 bits per heavy atom. The highest BCUT2D eigenvalue weighted by molar-refractivity contribution is 5.59. The van der Waals surface area contributed by atoms with Gasteiger partial charge in [-0.05, 0) is 12.8 Å². The highest BCUT2D eigenvalue weighted by atomic mass is 16.5. The molecule has 1 aromatic carbocycles. The van der Waals surface area contributed by atoms with Crippen molar-refractivity contribution < 1.29 is 14.2 Å². The minimum Gasteiger partial charge on any atom is -0.496 e. The van der Waals surface area contributed by atoms with E-state index in [1.54, 1.807) is 33.5 Å². The second-order valence-corrected chi connectivity index (χ2v) is 4.10. The van der Waals surface area contributed by atoms with Crippen molar-refractivity contribution in [1.29, 1.82) is 5.26 Å². The van der Waals surface area contributed by atoms with E-state index in [1.165, 1.54) is 0 Å². The number of hydrogen-bond donors (Lipinski definition) is 0. The molecule has 0 aliphatic heterocycles. The van der Waals surface area contributed by atoms with Gasteiger partial charge >= 0.3 is 0 Å². The van der Waals surface area contributed by atoms with Gasteiger partial charge in [0, 0.05) is 12.1 Å². The van der Waals surface area contributed by atoms with Crippen LogP contribution in [0.5, 0.6) is 17.2 Å². The maximum Gasteiger partial charge on any atom is 0.131 e. The number of hydrogen-bond acceptors (Lipinski definition) is 4. The van der Waals surface area contributed by atoms with E-state index in [9.17, 15) is 5.26 Å². The predicted octanol–water partition coefficient (Wildman–Crippen LogP) is 2.27. The summed E-state index contributed by atoms with van der Waals surface area (Å²) in [5, 5.41) is 9.28. The second kappa shape index (κ2) is 4.17.